The van der Waals surface area contributed by atoms with Crippen molar-refractivity contribution in [1.29, 1.82) is 0 Å². The van der Waals surface area contributed by atoms with Crippen LogP contribution in [-0.2, 0) is 4.74 Å². The summed E-state index contributed by atoms with van der Waals surface area (Å²) < 4.78 is 89.1. The van der Waals surface area contributed by atoms with Gasteiger partial charge in [0.2, 0.25) is 0 Å². The number of hydrogen-bond donors (Lipinski definition) is 4. The molecule has 2 atom stereocenters. The van der Waals surface area contributed by atoms with Crippen LogP contribution < -0.4 is 29.7 Å². The molecule has 3 aromatic rings. The average Bonchev–Trinajstić information content (AvgIpc) is 3.69. The van der Waals surface area contributed by atoms with Crippen LogP contribution in [0.5, 0.6) is 17.2 Å². The molecule has 5 aliphatic rings. The Kier molecular flexibility index (Phi) is 7.23. The van der Waals surface area contributed by atoms with Crippen LogP contribution in [0.2, 0.25) is 0 Å². The van der Waals surface area contributed by atoms with Gasteiger partial charge in [0, 0.05) is 19.2 Å². The fourth-order valence-electron chi connectivity index (χ4n) is 6.41. The van der Waals surface area contributed by atoms with E-state index in [4.69, 9.17) is 9.47 Å². The maximum Gasteiger partial charge on any atom is 0.586 e. The van der Waals surface area contributed by atoms with Gasteiger partial charge in [-0.15, -0.1) is 8.78 Å². The fourth-order valence-corrected chi connectivity index (χ4v) is 7.53. The number of aliphatic hydroxyl groups is 2. The van der Waals surface area contributed by atoms with Crippen LogP contribution in [0.4, 0.5) is 32.8 Å². The van der Waals surface area contributed by atoms with E-state index in [0.29, 0.717) is 15.3 Å². The van der Waals surface area contributed by atoms with Crippen LogP contribution in [0.1, 0.15) is 46.4 Å². The van der Waals surface area contributed by atoms with Crippen LogP contribution in [0.15, 0.2) is 24.3 Å². The number of methoxy groups -OCH3 is 1. The molecule has 47 heavy (non-hydrogen) atoms. The highest BCUT2D eigenvalue weighted by molar-refractivity contribution is 7.22. The number of carbonyl (C=O) groups excluding carboxylic acids is 2. The molecule has 1 saturated carbocycles. The Balaban J connectivity index is 1.21. The molecule has 0 unspecified atom stereocenters. The number of halogens is 5. The first-order chi connectivity index (χ1) is 22.1. The second kappa shape index (κ2) is 10.8. The maximum atomic E-state index is 14.0. The van der Waals surface area contributed by atoms with Crippen molar-refractivity contribution in [2.45, 2.75) is 61.5 Å². The largest absolute Gasteiger partial charge is 0.586 e. The lowest BCUT2D eigenvalue weighted by Gasteiger charge is -2.53. The molecule has 1 aliphatic carbocycles. The van der Waals surface area contributed by atoms with Crippen molar-refractivity contribution in [3.63, 3.8) is 0 Å². The molecule has 4 fully saturated rings. The number of alkyl halides is 5. The Morgan fingerprint density at radius 1 is 1.04 bits per heavy atom. The number of carbonyl (C=O) groups is 2. The van der Waals surface area contributed by atoms with E-state index in [1.807, 2.05) is 0 Å². The van der Waals surface area contributed by atoms with Crippen molar-refractivity contribution < 1.29 is 60.7 Å². The zero-order valence-corrected chi connectivity index (χ0v) is 25.3. The van der Waals surface area contributed by atoms with E-state index in [1.165, 1.54) is 13.2 Å². The number of aliphatic hydroxyl groups excluding tert-OH is 2. The van der Waals surface area contributed by atoms with Gasteiger partial charge in [0.25, 0.3) is 11.8 Å². The molecule has 8 rings (SSSR count). The average molecular weight is 687 g/mol. The first kappa shape index (κ1) is 31.6. The number of ether oxygens (including phenoxy) is 4. The third-order valence-corrected chi connectivity index (χ3v) is 10.2. The molecule has 2 amide bonds. The van der Waals surface area contributed by atoms with E-state index >= 15 is 0 Å². The highest BCUT2D eigenvalue weighted by Gasteiger charge is 2.63. The molecule has 4 N–H and O–H groups in total. The molecular weight excluding hydrogens is 659 g/mol. The van der Waals surface area contributed by atoms with E-state index in [1.54, 1.807) is 11.0 Å². The van der Waals surface area contributed by atoms with E-state index in [-0.39, 0.29) is 61.3 Å². The number of aromatic nitrogens is 1. The van der Waals surface area contributed by atoms with Gasteiger partial charge in [-0.2, -0.15) is 13.2 Å². The first-order valence-corrected chi connectivity index (χ1v) is 15.3. The predicted octanol–water partition coefficient (Wildman–Crippen LogP) is 3.79. The van der Waals surface area contributed by atoms with Crippen molar-refractivity contribution in [1.82, 2.24) is 10.3 Å². The smallest absolute Gasteiger partial charge is 0.496 e. The third kappa shape index (κ3) is 5.36. The van der Waals surface area contributed by atoms with E-state index in [0.717, 1.165) is 23.5 Å². The van der Waals surface area contributed by atoms with Gasteiger partial charge in [-0.1, -0.05) is 11.3 Å². The summed E-state index contributed by atoms with van der Waals surface area (Å²) in [6, 6.07) is 5.05. The fraction of sp³-hybridized carbons (Fsp3) is 0.483. The zero-order chi connectivity index (χ0) is 33.5. The van der Waals surface area contributed by atoms with E-state index in [2.05, 4.69) is 25.1 Å². The van der Waals surface area contributed by atoms with Crippen LogP contribution in [0, 0.1) is 0 Å². The summed E-state index contributed by atoms with van der Waals surface area (Å²) in [4.78, 5) is 33.8. The molecule has 5 heterocycles. The Labute approximate surface area is 266 Å². The van der Waals surface area contributed by atoms with Gasteiger partial charge < -0.3 is 44.7 Å². The number of β-amino-alcohol motifs (C(OH)–C–C–N with tert-alkyl or cyclic N) is 2. The normalized spacial score (nSPS) is 27.7. The molecule has 12 nitrogen and oxygen atoms in total. The Morgan fingerprint density at radius 2 is 1.70 bits per heavy atom. The van der Waals surface area contributed by atoms with Crippen molar-refractivity contribution in [2.75, 3.05) is 37.0 Å². The van der Waals surface area contributed by atoms with Crippen LogP contribution in [0.25, 0.3) is 10.2 Å². The standard InChI is InChI=1S/C29H27F5N4O8S/c1-43-18-3-2-14-22(47-25(36-14)38-10-16(39)17(40)11-38)21(18)24(42)35-15-9-20-19(45-29(33,34)46-20)8-13(15)23(41)37-26-4-6-27(7-5-26,44-12-26)28(30,31)32/h2-3,8-9,16-17,39-40H,4-7,10-12H2,1H3,(H,35,42)(H,37,41)/t16-,17-,26?,27?/m1/s1. The summed E-state index contributed by atoms with van der Waals surface area (Å²) in [5.41, 5.74) is -3.63. The molecule has 252 valence electrons. The lowest BCUT2D eigenvalue weighted by atomic mass is 9.70. The van der Waals surface area contributed by atoms with Crippen molar-refractivity contribution in [3.05, 3.63) is 35.4 Å². The monoisotopic (exact) mass is 686 g/mol. The number of amides is 2. The van der Waals surface area contributed by atoms with Crippen molar-refractivity contribution in [2.24, 2.45) is 0 Å². The number of nitrogens with one attached hydrogen (secondary N) is 2. The predicted molar refractivity (Wildman–Crippen MR) is 154 cm³/mol. The summed E-state index contributed by atoms with van der Waals surface area (Å²) in [5, 5.41) is 25.7. The van der Waals surface area contributed by atoms with Crippen LogP contribution in [0.3, 0.4) is 0 Å². The SMILES string of the molecule is COc1ccc2nc(N3C[C@@H](O)[C@H](O)C3)sc2c1C(=O)Nc1cc2c(cc1C(=O)NC13CCC(C(F)(F)F)(CC1)OC3)OC(F)(F)O2. The van der Waals surface area contributed by atoms with E-state index in [9.17, 15) is 41.8 Å². The Hall–Kier alpha value is -4.00. The number of anilines is 2. The van der Waals surface area contributed by atoms with Gasteiger partial charge >= 0.3 is 12.5 Å². The van der Waals surface area contributed by atoms with Crippen molar-refractivity contribution in [3.8, 4) is 17.2 Å². The van der Waals surface area contributed by atoms with Gasteiger partial charge in [0.05, 0.1) is 52.9 Å². The summed E-state index contributed by atoms with van der Waals surface area (Å²) in [5.74, 6) is -2.51. The molecule has 2 bridgehead atoms. The van der Waals surface area contributed by atoms with Gasteiger partial charge in [-0.05, 0) is 43.9 Å². The second-order valence-corrected chi connectivity index (χ2v) is 13.0. The minimum Gasteiger partial charge on any atom is -0.496 e. The van der Waals surface area contributed by atoms with Gasteiger partial charge in [-0.25, -0.2) is 4.98 Å². The Morgan fingerprint density at radius 3 is 2.30 bits per heavy atom. The first-order valence-electron chi connectivity index (χ1n) is 14.5. The second-order valence-electron chi connectivity index (χ2n) is 12.0. The maximum absolute atomic E-state index is 14.0. The summed E-state index contributed by atoms with van der Waals surface area (Å²) in [7, 11) is 1.33. The molecular formula is C29H27F5N4O8S. The molecule has 0 radical (unpaired) electrons. The van der Waals surface area contributed by atoms with Crippen LogP contribution in [-0.4, -0.2) is 89.6 Å². The lowest BCUT2D eigenvalue weighted by Crippen LogP contribution is -2.66. The quantitative estimate of drug-likeness (QED) is 0.282. The van der Waals surface area contributed by atoms with Gasteiger partial charge in [-0.3, -0.25) is 9.59 Å². The Bertz CT molecular complexity index is 1750. The molecule has 1 aromatic heterocycles. The highest BCUT2D eigenvalue weighted by Crippen LogP contribution is 2.52. The van der Waals surface area contributed by atoms with Gasteiger partial charge in [0.15, 0.2) is 22.2 Å². The number of fused-ring (bicyclic) bond motifs is 5. The number of hydrogen-bond acceptors (Lipinski definition) is 11. The zero-order valence-electron chi connectivity index (χ0n) is 24.5. The summed E-state index contributed by atoms with van der Waals surface area (Å²) in [6.45, 7) is -0.187. The molecule has 2 aromatic carbocycles. The number of nitrogens with zero attached hydrogens (tertiary/aromatic N) is 2. The number of rotatable bonds is 6. The topological polar surface area (TPSA) is 152 Å². The third-order valence-electron chi connectivity index (χ3n) is 9.05. The minimum atomic E-state index is -4.58. The summed E-state index contributed by atoms with van der Waals surface area (Å²) in [6.07, 6.45) is -11.4. The summed E-state index contributed by atoms with van der Waals surface area (Å²) >= 11 is 1.09. The lowest BCUT2D eigenvalue weighted by molar-refractivity contribution is -0.317. The number of thiazole rings is 1. The van der Waals surface area contributed by atoms with Crippen molar-refractivity contribution >= 4 is 44.2 Å². The minimum absolute atomic E-state index is 0.00144. The number of benzene rings is 2. The molecule has 3 saturated heterocycles. The molecule has 18 heteroatoms. The highest BCUT2D eigenvalue weighted by atomic mass is 32.1. The molecule has 4 aliphatic heterocycles. The van der Waals surface area contributed by atoms with Crippen LogP contribution >= 0.6 is 11.3 Å². The van der Waals surface area contributed by atoms with Gasteiger partial charge in [0.1, 0.15) is 11.3 Å². The van der Waals surface area contributed by atoms with E-state index < -0.39 is 65.7 Å². The molecule has 0 spiro atoms.